The SMILES string of the molecule is C[C@@H](OP(=O)(O)OCCCOC(=O)CCCCCCCCc1ccc2ccc3cccc4ccc1c2c34)[C@H](N)C(=O)O. The predicted molar refractivity (Wildman–Crippen MR) is 164 cm³/mol. The van der Waals surface area contributed by atoms with Crippen LogP contribution in [0, 0.1) is 0 Å². The number of carbonyl (C=O) groups is 2. The fraction of sp³-hybridized carbons (Fsp3) is 0.438. The Labute approximate surface area is 245 Å². The smallest absolute Gasteiger partial charge is 0.472 e. The van der Waals surface area contributed by atoms with Gasteiger partial charge in [0.2, 0.25) is 0 Å². The molecule has 0 heterocycles. The van der Waals surface area contributed by atoms with Crippen LogP contribution in [-0.2, 0) is 34.4 Å². The minimum Gasteiger partial charge on any atom is -0.480 e. The number of hydrogen-bond acceptors (Lipinski definition) is 7. The summed E-state index contributed by atoms with van der Waals surface area (Å²) in [4.78, 5) is 32.4. The number of phosphoric acid groups is 1. The summed E-state index contributed by atoms with van der Waals surface area (Å²) in [6.07, 6.45) is 6.54. The van der Waals surface area contributed by atoms with Gasteiger partial charge in [-0.05, 0) is 64.1 Å². The number of aliphatic carboxylic acids is 1. The number of ether oxygens (including phenoxy) is 1. The average molecular weight is 598 g/mol. The van der Waals surface area contributed by atoms with Crippen LogP contribution >= 0.6 is 7.82 Å². The van der Waals surface area contributed by atoms with Gasteiger partial charge in [0.15, 0.2) is 0 Å². The number of phosphoric ester groups is 1. The third-order valence-electron chi connectivity index (χ3n) is 7.59. The summed E-state index contributed by atoms with van der Waals surface area (Å²) < 4.78 is 26.5. The summed E-state index contributed by atoms with van der Waals surface area (Å²) in [5.41, 5.74) is 6.75. The molecule has 0 saturated carbocycles. The Morgan fingerprint density at radius 1 is 0.833 bits per heavy atom. The van der Waals surface area contributed by atoms with Crippen LogP contribution < -0.4 is 5.73 Å². The standard InChI is InChI=1S/C32H40NO8P/c1-22(31(33)32(35)36)41-42(37,38)40-21-9-20-39-28(34)13-7-5-3-2-4-6-10-23-14-15-26-17-16-24-11-8-12-25-18-19-27(23)30(26)29(24)25/h8,11-12,14-19,22,31H,2-7,9-10,13,20-21,33H2,1H3,(H,35,36)(H,37,38)/t22-,31+/m1/s1. The first-order valence-corrected chi connectivity index (χ1v) is 16.1. The highest BCUT2D eigenvalue weighted by atomic mass is 31.2. The Kier molecular flexibility index (Phi) is 11.3. The minimum absolute atomic E-state index is 0.0477. The monoisotopic (exact) mass is 597 g/mol. The number of carboxylic acids is 1. The number of nitrogens with two attached hydrogens (primary N) is 1. The summed E-state index contributed by atoms with van der Waals surface area (Å²) >= 11 is 0. The lowest BCUT2D eigenvalue weighted by Crippen LogP contribution is -2.41. The van der Waals surface area contributed by atoms with Gasteiger partial charge in [-0.15, -0.1) is 0 Å². The van der Waals surface area contributed by atoms with Gasteiger partial charge in [0.05, 0.1) is 19.3 Å². The van der Waals surface area contributed by atoms with Crippen molar-refractivity contribution in [1.82, 2.24) is 0 Å². The zero-order valence-electron chi connectivity index (χ0n) is 24.0. The van der Waals surface area contributed by atoms with E-state index in [1.165, 1.54) is 44.8 Å². The van der Waals surface area contributed by atoms with Crippen molar-refractivity contribution in [3.63, 3.8) is 0 Å². The molecule has 9 nitrogen and oxygen atoms in total. The third-order valence-corrected chi connectivity index (χ3v) is 8.70. The Hall–Kier alpha value is -3.07. The van der Waals surface area contributed by atoms with Crippen molar-refractivity contribution >= 4 is 52.1 Å². The molecule has 0 spiro atoms. The zero-order chi connectivity index (χ0) is 30.1. The number of benzene rings is 4. The van der Waals surface area contributed by atoms with E-state index in [9.17, 15) is 19.0 Å². The van der Waals surface area contributed by atoms with Crippen molar-refractivity contribution in [2.45, 2.75) is 76.9 Å². The van der Waals surface area contributed by atoms with Crippen LogP contribution in [0.25, 0.3) is 32.3 Å². The molecule has 4 rings (SSSR count). The topological polar surface area (TPSA) is 145 Å². The molecule has 0 aliphatic rings. The van der Waals surface area contributed by atoms with Gasteiger partial charge in [0.1, 0.15) is 6.04 Å². The van der Waals surface area contributed by atoms with Crippen LogP contribution in [0.3, 0.4) is 0 Å². The highest BCUT2D eigenvalue weighted by molar-refractivity contribution is 7.47. The molecule has 4 N–H and O–H groups in total. The summed E-state index contributed by atoms with van der Waals surface area (Å²) in [6.45, 7) is 1.12. The van der Waals surface area contributed by atoms with Gasteiger partial charge in [-0.2, -0.15) is 0 Å². The van der Waals surface area contributed by atoms with E-state index in [-0.39, 0.29) is 25.6 Å². The number of rotatable bonds is 18. The predicted octanol–water partition coefficient (Wildman–Crippen LogP) is 6.72. The molecule has 0 amide bonds. The Bertz CT molecular complexity index is 1520. The quantitative estimate of drug-likeness (QED) is 0.0492. The van der Waals surface area contributed by atoms with E-state index < -0.39 is 25.9 Å². The molecule has 226 valence electrons. The average Bonchev–Trinajstić information content (AvgIpc) is 2.96. The number of aryl methyl sites for hydroxylation is 1. The Morgan fingerprint density at radius 3 is 2.17 bits per heavy atom. The zero-order valence-corrected chi connectivity index (χ0v) is 24.9. The summed E-state index contributed by atoms with van der Waals surface area (Å²) in [7, 11) is -4.47. The Balaban J connectivity index is 1.06. The lowest BCUT2D eigenvalue weighted by Gasteiger charge is -2.19. The fourth-order valence-corrected chi connectivity index (χ4v) is 6.28. The van der Waals surface area contributed by atoms with Gasteiger partial charge < -0.3 is 20.5 Å². The van der Waals surface area contributed by atoms with Gasteiger partial charge in [0.25, 0.3) is 0 Å². The number of carboxylic acid groups (broad SMARTS) is 1. The molecule has 10 heteroatoms. The third kappa shape index (κ3) is 8.49. The normalized spacial score (nSPS) is 14.7. The van der Waals surface area contributed by atoms with E-state index in [1.807, 2.05) is 0 Å². The number of carbonyl (C=O) groups excluding carboxylic acids is 1. The molecule has 0 radical (unpaired) electrons. The second kappa shape index (κ2) is 14.9. The molecular formula is C32H40NO8P. The summed E-state index contributed by atoms with van der Waals surface area (Å²) in [5, 5.41) is 16.8. The van der Waals surface area contributed by atoms with Crippen LogP contribution in [0.1, 0.15) is 63.9 Å². The molecule has 1 unspecified atom stereocenters. The van der Waals surface area contributed by atoms with E-state index >= 15 is 0 Å². The van der Waals surface area contributed by atoms with E-state index in [2.05, 4.69) is 54.6 Å². The molecule has 0 saturated heterocycles. The molecule has 0 bridgehead atoms. The van der Waals surface area contributed by atoms with Gasteiger partial charge >= 0.3 is 19.8 Å². The molecule has 0 aliphatic carbocycles. The van der Waals surface area contributed by atoms with Crippen molar-refractivity contribution in [2.75, 3.05) is 13.2 Å². The van der Waals surface area contributed by atoms with Crippen LogP contribution in [0.2, 0.25) is 0 Å². The Morgan fingerprint density at radius 2 is 1.45 bits per heavy atom. The summed E-state index contributed by atoms with van der Waals surface area (Å²) in [6, 6.07) is 18.5. The lowest BCUT2D eigenvalue weighted by atomic mass is 9.90. The maximum Gasteiger partial charge on any atom is 0.472 e. The van der Waals surface area contributed by atoms with Crippen LogP contribution in [-0.4, -0.2) is 47.3 Å². The fourth-order valence-electron chi connectivity index (χ4n) is 5.31. The second-order valence-electron chi connectivity index (χ2n) is 10.8. The van der Waals surface area contributed by atoms with Gasteiger partial charge in [-0.25, -0.2) is 4.57 Å². The van der Waals surface area contributed by atoms with Crippen LogP contribution in [0.15, 0.2) is 54.6 Å². The van der Waals surface area contributed by atoms with Crippen molar-refractivity contribution < 1.29 is 37.9 Å². The van der Waals surface area contributed by atoms with Crippen molar-refractivity contribution in [3.8, 4) is 0 Å². The van der Waals surface area contributed by atoms with Crippen LogP contribution in [0.4, 0.5) is 0 Å². The van der Waals surface area contributed by atoms with E-state index in [0.717, 1.165) is 44.9 Å². The number of esters is 1. The van der Waals surface area contributed by atoms with Gasteiger partial charge in [-0.3, -0.25) is 18.6 Å². The minimum atomic E-state index is -4.47. The van der Waals surface area contributed by atoms with E-state index in [0.29, 0.717) is 6.42 Å². The van der Waals surface area contributed by atoms with Crippen molar-refractivity contribution in [3.05, 3.63) is 60.2 Å². The molecule has 4 aromatic carbocycles. The van der Waals surface area contributed by atoms with Crippen molar-refractivity contribution in [2.24, 2.45) is 5.73 Å². The lowest BCUT2D eigenvalue weighted by molar-refractivity contribution is -0.144. The highest BCUT2D eigenvalue weighted by Crippen LogP contribution is 2.45. The first kappa shape index (κ1) is 31.9. The van der Waals surface area contributed by atoms with Gasteiger partial charge in [-0.1, -0.05) is 80.3 Å². The molecule has 42 heavy (non-hydrogen) atoms. The molecule has 4 aromatic rings. The first-order valence-electron chi connectivity index (χ1n) is 14.6. The van der Waals surface area contributed by atoms with Gasteiger partial charge in [0, 0.05) is 12.8 Å². The summed E-state index contributed by atoms with van der Waals surface area (Å²) in [5.74, 6) is -1.67. The van der Waals surface area contributed by atoms with E-state index in [1.54, 1.807) is 0 Å². The van der Waals surface area contributed by atoms with Crippen molar-refractivity contribution in [1.29, 1.82) is 0 Å². The number of unbranched alkanes of at least 4 members (excludes halogenated alkanes) is 5. The van der Waals surface area contributed by atoms with Crippen LogP contribution in [0.5, 0.6) is 0 Å². The molecular weight excluding hydrogens is 557 g/mol. The second-order valence-corrected chi connectivity index (χ2v) is 12.2. The highest BCUT2D eigenvalue weighted by Gasteiger charge is 2.30. The maximum atomic E-state index is 12.0. The molecule has 0 aliphatic heterocycles. The van der Waals surface area contributed by atoms with E-state index in [4.69, 9.17) is 24.6 Å². The maximum absolute atomic E-state index is 12.0. The molecule has 0 aromatic heterocycles. The number of hydrogen-bond donors (Lipinski definition) is 3. The molecule has 0 fully saturated rings. The first-order chi connectivity index (χ1) is 20.2. The largest absolute Gasteiger partial charge is 0.480 e. The molecule has 3 atom stereocenters.